The van der Waals surface area contributed by atoms with Crippen LogP contribution >= 0.6 is 11.8 Å². The minimum absolute atomic E-state index is 0.149. The van der Waals surface area contributed by atoms with Crippen molar-refractivity contribution in [1.82, 2.24) is 5.32 Å². The van der Waals surface area contributed by atoms with E-state index in [0.29, 0.717) is 5.17 Å². The third-order valence-electron chi connectivity index (χ3n) is 1.54. The molecule has 0 bridgehead atoms. The first kappa shape index (κ1) is 10.0. The quantitative estimate of drug-likeness (QED) is 0.596. The molecule has 1 N–H and O–H groups in total. The lowest BCUT2D eigenvalue weighted by atomic mass is 10.3. The number of esters is 1. The minimum atomic E-state index is -0.461. The van der Waals surface area contributed by atoms with Gasteiger partial charge in [0.25, 0.3) is 0 Å². The van der Waals surface area contributed by atoms with Crippen molar-refractivity contribution in [2.24, 2.45) is 4.99 Å². The van der Waals surface area contributed by atoms with Crippen LogP contribution in [0, 0.1) is 0 Å². The lowest BCUT2D eigenvalue weighted by molar-refractivity contribution is -0.141. The summed E-state index contributed by atoms with van der Waals surface area (Å²) in [4.78, 5) is 26.0. The number of ether oxygens (including phenoxy) is 1. The predicted molar refractivity (Wildman–Crippen MR) is 49.5 cm³/mol. The molecule has 0 radical (unpaired) electrons. The smallest absolute Gasteiger partial charge is 0.319 e. The van der Waals surface area contributed by atoms with Crippen LogP contribution in [-0.4, -0.2) is 36.5 Å². The fourth-order valence-corrected chi connectivity index (χ4v) is 1.89. The Morgan fingerprint density at radius 1 is 1.77 bits per heavy atom. The van der Waals surface area contributed by atoms with Crippen LogP contribution in [0.2, 0.25) is 0 Å². The average molecular weight is 202 g/mol. The van der Waals surface area contributed by atoms with Crippen LogP contribution < -0.4 is 5.32 Å². The van der Waals surface area contributed by atoms with E-state index in [4.69, 9.17) is 0 Å². The van der Waals surface area contributed by atoms with Gasteiger partial charge in [-0.15, -0.1) is 0 Å². The van der Waals surface area contributed by atoms with Gasteiger partial charge in [-0.25, -0.2) is 0 Å². The molecule has 0 saturated carbocycles. The molecule has 5 nitrogen and oxygen atoms in total. The van der Waals surface area contributed by atoms with Gasteiger partial charge in [0.05, 0.1) is 7.11 Å². The third-order valence-corrected chi connectivity index (χ3v) is 2.69. The van der Waals surface area contributed by atoms with Crippen molar-refractivity contribution in [3.8, 4) is 0 Å². The molecule has 13 heavy (non-hydrogen) atoms. The van der Waals surface area contributed by atoms with E-state index in [0.717, 1.165) is 0 Å². The van der Waals surface area contributed by atoms with Gasteiger partial charge in [0.2, 0.25) is 5.91 Å². The molecule has 1 saturated heterocycles. The summed E-state index contributed by atoms with van der Waals surface area (Å²) in [5.74, 6) is -0.587. The van der Waals surface area contributed by atoms with Gasteiger partial charge in [-0.05, 0) is 0 Å². The molecule has 1 atom stereocenters. The zero-order valence-electron chi connectivity index (χ0n) is 7.36. The molecule has 6 heteroatoms. The Labute approximate surface area is 79.9 Å². The first-order chi connectivity index (χ1) is 6.17. The molecule has 72 valence electrons. The van der Waals surface area contributed by atoms with Crippen molar-refractivity contribution in [3.63, 3.8) is 0 Å². The van der Waals surface area contributed by atoms with Gasteiger partial charge in [0.15, 0.2) is 5.17 Å². The number of aliphatic imine (C=N–C) groups is 1. The number of nitrogens with one attached hydrogen (secondary N) is 1. The van der Waals surface area contributed by atoms with Gasteiger partial charge >= 0.3 is 5.97 Å². The van der Waals surface area contributed by atoms with E-state index in [2.05, 4.69) is 15.0 Å². The Hall–Kier alpha value is -1.04. The number of amidine groups is 1. The number of hydrogen-bond donors (Lipinski definition) is 1. The van der Waals surface area contributed by atoms with Crippen LogP contribution in [0.4, 0.5) is 0 Å². The van der Waals surface area contributed by atoms with Crippen molar-refractivity contribution in [3.05, 3.63) is 0 Å². The number of thioether (sulfide) groups is 1. The molecule has 1 aliphatic rings. The van der Waals surface area contributed by atoms with Crippen LogP contribution in [0.25, 0.3) is 0 Å². The fraction of sp³-hybridized carbons (Fsp3) is 0.571. The van der Waals surface area contributed by atoms with Gasteiger partial charge in [-0.1, -0.05) is 11.8 Å². The van der Waals surface area contributed by atoms with Gasteiger partial charge < -0.3 is 10.1 Å². The Kier molecular flexibility index (Phi) is 3.30. The topological polar surface area (TPSA) is 67.8 Å². The summed E-state index contributed by atoms with van der Waals surface area (Å²) in [6.07, 6.45) is 0.149. The number of nitrogens with zero attached hydrogens (tertiary/aromatic N) is 1. The van der Waals surface area contributed by atoms with Gasteiger partial charge in [-0.3, -0.25) is 14.6 Å². The minimum Gasteiger partial charge on any atom is -0.468 e. The van der Waals surface area contributed by atoms with E-state index >= 15 is 0 Å². The largest absolute Gasteiger partial charge is 0.468 e. The predicted octanol–water partition coefficient (Wildman–Crippen LogP) is -0.233. The van der Waals surface area contributed by atoms with Gasteiger partial charge in [0, 0.05) is 13.5 Å². The third kappa shape index (κ3) is 2.45. The molecule has 0 aromatic heterocycles. The Balaban J connectivity index is 2.68. The highest BCUT2D eigenvalue weighted by atomic mass is 32.2. The summed E-state index contributed by atoms with van der Waals surface area (Å²) in [6.45, 7) is 0. The molecule has 1 heterocycles. The second-order valence-corrected chi connectivity index (χ2v) is 3.60. The monoisotopic (exact) mass is 202 g/mol. The first-order valence-electron chi connectivity index (χ1n) is 3.68. The van der Waals surface area contributed by atoms with Crippen molar-refractivity contribution in [2.75, 3.05) is 14.2 Å². The number of carbonyl (C=O) groups excluding carboxylic acids is 2. The Morgan fingerprint density at radius 2 is 2.46 bits per heavy atom. The van der Waals surface area contributed by atoms with Crippen LogP contribution in [-0.2, 0) is 14.3 Å². The zero-order chi connectivity index (χ0) is 9.84. The highest BCUT2D eigenvalue weighted by Gasteiger charge is 2.30. The second kappa shape index (κ2) is 4.27. The summed E-state index contributed by atoms with van der Waals surface area (Å²) >= 11 is 1.21. The van der Waals surface area contributed by atoms with E-state index in [1.807, 2.05) is 0 Å². The van der Waals surface area contributed by atoms with Crippen molar-refractivity contribution in [1.29, 1.82) is 0 Å². The SMILES string of the molecule is CN=C1NC(=O)CC(C(=O)OC)S1. The Morgan fingerprint density at radius 3 is 3.00 bits per heavy atom. The lowest BCUT2D eigenvalue weighted by Crippen LogP contribution is -2.40. The van der Waals surface area contributed by atoms with Crippen molar-refractivity contribution in [2.45, 2.75) is 11.7 Å². The molecule has 1 rings (SSSR count). The average Bonchev–Trinajstić information content (AvgIpc) is 2.15. The molecule has 1 aliphatic heterocycles. The summed E-state index contributed by atoms with van der Waals surface area (Å²) in [7, 11) is 2.86. The maximum Gasteiger partial charge on any atom is 0.319 e. The normalized spacial score (nSPS) is 25.5. The van der Waals surface area contributed by atoms with Gasteiger partial charge in [-0.2, -0.15) is 0 Å². The number of amides is 1. The fourth-order valence-electron chi connectivity index (χ4n) is 0.916. The number of methoxy groups -OCH3 is 1. The van der Waals surface area contributed by atoms with E-state index < -0.39 is 5.25 Å². The van der Waals surface area contributed by atoms with Crippen LogP contribution in [0.1, 0.15) is 6.42 Å². The first-order valence-corrected chi connectivity index (χ1v) is 4.56. The maximum atomic E-state index is 11.1. The second-order valence-electron chi connectivity index (χ2n) is 2.41. The van der Waals surface area contributed by atoms with E-state index in [-0.39, 0.29) is 18.3 Å². The number of hydrogen-bond acceptors (Lipinski definition) is 5. The highest BCUT2D eigenvalue weighted by Crippen LogP contribution is 2.21. The summed E-state index contributed by atoms with van der Waals surface area (Å²) in [5.41, 5.74) is 0. The van der Waals surface area contributed by atoms with Crippen LogP contribution in [0.3, 0.4) is 0 Å². The Bertz CT molecular complexity index is 264. The number of rotatable bonds is 1. The molecular weight excluding hydrogens is 192 g/mol. The van der Waals surface area contributed by atoms with E-state index in [1.54, 1.807) is 7.05 Å². The molecule has 0 spiro atoms. The zero-order valence-corrected chi connectivity index (χ0v) is 8.18. The standard InChI is InChI=1S/C7H10N2O3S/c1-8-7-9-5(10)3-4(13-7)6(11)12-2/h4H,3H2,1-2H3,(H,8,9,10). The molecular formula is C7H10N2O3S. The molecule has 1 amide bonds. The molecule has 0 aromatic rings. The van der Waals surface area contributed by atoms with E-state index in [9.17, 15) is 9.59 Å². The highest BCUT2D eigenvalue weighted by molar-refractivity contribution is 8.15. The maximum absolute atomic E-state index is 11.1. The summed E-state index contributed by atoms with van der Waals surface area (Å²) in [6, 6.07) is 0. The molecule has 1 unspecified atom stereocenters. The summed E-state index contributed by atoms with van der Waals surface area (Å²) in [5, 5.41) is 2.55. The number of carbonyl (C=O) groups is 2. The van der Waals surface area contributed by atoms with Crippen molar-refractivity contribution >= 4 is 28.8 Å². The van der Waals surface area contributed by atoms with Crippen LogP contribution in [0.15, 0.2) is 4.99 Å². The summed E-state index contributed by atoms with van der Waals surface area (Å²) < 4.78 is 4.54. The molecule has 1 fully saturated rings. The molecule has 0 aromatic carbocycles. The van der Waals surface area contributed by atoms with Crippen molar-refractivity contribution < 1.29 is 14.3 Å². The van der Waals surface area contributed by atoms with E-state index in [1.165, 1.54) is 18.9 Å². The van der Waals surface area contributed by atoms with Gasteiger partial charge in [0.1, 0.15) is 5.25 Å². The van der Waals surface area contributed by atoms with Crippen LogP contribution in [0.5, 0.6) is 0 Å². The lowest BCUT2D eigenvalue weighted by Gasteiger charge is -2.20. The molecule has 0 aliphatic carbocycles.